The summed E-state index contributed by atoms with van der Waals surface area (Å²) in [7, 11) is -1.81. The highest BCUT2D eigenvalue weighted by Crippen LogP contribution is 2.32. The van der Waals surface area contributed by atoms with Gasteiger partial charge in [0.05, 0.1) is 17.4 Å². The fourth-order valence-corrected chi connectivity index (χ4v) is 6.05. The second-order valence-corrected chi connectivity index (χ2v) is 9.30. The van der Waals surface area contributed by atoms with Gasteiger partial charge in [0.15, 0.2) is 5.65 Å². The zero-order chi connectivity index (χ0) is 20.1. The Hall–Kier alpha value is -2.26. The Morgan fingerprint density at radius 3 is 2.75 bits per heavy atom. The van der Waals surface area contributed by atoms with Crippen LogP contribution in [0.3, 0.4) is 0 Å². The zero-order valence-electron chi connectivity index (χ0n) is 16.8. The highest BCUT2D eigenvalue weighted by atomic mass is 32.2. The lowest BCUT2D eigenvalue weighted by Gasteiger charge is -2.19. The number of fused-ring (bicyclic) bond motifs is 1. The summed E-state index contributed by atoms with van der Waals surface area (Å²) in [6, 6.07) is 3.88. The number of hydrogen-bond donors (Lipinski definition) is 0. The molecule has 0 N–H and O–H groups in total. The van der Waals surface area contributed by atoms with Crippen molar-refractivity contribution in [1.82, 2.24) is 28.6 Å². The molecule has 0 bridgehead atoms. The molecular formula is C19H26N6O2S. The lowest BCUT2D eigenvalue weighted by atomic mass is 10.2. The van der Waals surface area contributed by atoms with Gasteiger partial charge in [-0.2, -0.15) is 9.40 Å². The largest absolute Gasteiger partial charge is 0.308 e. The average molecular weight is 403 g/mol. The molecule has 1 fully saturated rings. The van der Waals surface area contributed by atoms with Gasteiger partial charge in [-0.25, -0.2) is 18.4 Å². The summed E-state index contributed by atoms with van der Waals surface area (Å²) in [4.78, 5) is 9.60. The van der Waals surface area contributed by atoms with Crippen LogP contribution in [0.25, 0.3) is 11.2 Å². The van der Waals surface area contributed by atoms with E-state index in [-0.39, 0.29) is 6.04 Å². The Bertz CT molecular complexity index is 1130. The molecule has 0 saturated carbocycles. The van der Waals surface area contributed by atoms with Crippen LogP contribution in [0.15, 0.2) is 23.2 Å². The molecule has 1 aliphatic heterocycles. The summed E-state index contributed by atoms with van der Waals surface area (Å²) in [6.45, 7) is 6.58. The predicted octanol–water partition coefficient (Wildman–Crippen LogP) is 2.37. The Morgan fingerprint density at radius 1 is 1.29 bits per heavy atom. The summed E-state index contributed by atoms with van der Waals surface area (Å²) in [5, 5.41) is 4.28. The summed E-state index contributed by atoms with van der Waals surface area (Å²) in [5.74, 6) is 0.981. The Labute approximate surface area is 165 Å². The highest BCUT2D eigenvalue weighted by molar-refractivity contribution is 7.89. The summed E-state index contributed by atoms with van der Waals surface area (Å²) < 4.78 is 32.0. The Morgan fingerprint density at radius 2 is 2.07 bits per heavy atom. The monoisotopic (exact) mass is 402 g/mol. The Balaban J connectivity index is 1.70. The maximum atomic E-state index is 13.3. The van der Waals surface area contributed by atoms with Crippen LogP contribution in [-0.2, 0) is 23.5 Å². The van der Waals surface area contributed by atoms with Crippen molar-refractivity contribution in [3.05, 3.63) is 35.5 Å². The maximum absolute atomic E-state index is 13.3. The van der Waals surface area contributed by atoms with Gasteiger partial charge in [0.25, 0.3) is 0 Å². The van der Waals surface area contributed by atoms with Crippen LogP contribution in [0.2, 0.25) is 0 Å². The van der Waals surface area contributed by atoms with E-state index >= 15 is 0 Å². The topological polar surface area (TPSA) is 85.9 Å². The molecule has 1 atom stereocenters. The van der Waals surface area contributed by atoms with Gasteiger partial charge in [-0.15, -0.1) is 0 Å². The molecule has 9 heteroatoms. The van der Waals surface area contributed by atoms with Crippen LogP contribution in [0.5, 0.6) is 0 Å². The van der Waals surface area contributed by atoms with Crippen molar-refractivity contribution in [3.63, 3.8) is 0 Å². The van der Waals surface area contributed by atoms with Crippen LogP contribution < -0.4 is 0 Å². The molecule has 0 unspecified atom stereocenters. The van der Waals surface area contributed by atoms with Gasteiger partial charge in [-0.1, -0.05) is 6.92 Å². The maximum Gasteiger partial charge on any atom is 0.246 e. The molecular weight excluding hydrogens is 376 g/mol. The molecule has 0 amide bonds. The summed E-state index contributed by atoms with van der Waals surface area (Å²) >= 11 is 0. The molecule has 1 aliphatic rings. The minimum absolute atomic E-state index is 0.0357. The van der Waals surface area contributed by atoms with Gasteiger partial charge >= 0.3 is 0 Å². The number of aromatic nitrogens is 5. The van der Waals surface area contributed by atoms with Crippen LogP contribution in [0, 0.1) is 13.8 Å². The molecule has 150 valence electrons. The molecule has 0 radical (unpaired) electrons. The van der Waals surface area contributed by atoms with Crippen LogP contribution >= 0.6 is 0 Å². The van der Waals surface area contributed by atoms with E-state index in [1.54, 1.807) is 36.1 Å². The van der Waals surface area contributed by atoms with Crippen LogP contribution in [0.4, 0.5) is 0 Å². The van der Waals surface area contributed by atoms with Crippen molar-refractivity contribution in [2.45, 2.75) is 51.0 Å². The number of rotatable bonds is 5. The molecule has 28 heavy (non-hydrogen) atoms. The molecule has 4 rings (SSSR count). The molecule has 8 nitrogen and oxygen atoms in total. The molecule has 4 heterocycles. The van der Waals surface area contributed by atoms with Crippen molar-refractivity contribution in [2.75, 3.05) is 13.1 Å². The van der Waals surface area contributed by atoms with Crippen molar-refractivity contribution in [2.24, 2.45) is 7.05 Å². The normalized spacial score (nSPS) is 18.4. The van der Waals surface area contributed by atoms with E-state index in [4.69, 9.17) is 4.98 Å². The third-order valence-corrected chi connectivity index (χ3v) is 7.65. The minimum atomic E-state index is -3.59. The third kappa shape index (κ3) is 2.93. The van der Waals surface area contributed by atoms with Crippen molar-refractivity contribution in [1.29, 1.82) is 0 Å². The van der Waals surface area contributed by atoms with Gasteiger partial charge in [-0.05, 0) is 38.8 Å². The zero-order valence-corrected chi connectivity index (χ0v) is 17.6. The van der Waals surface area contributed by atoms with E-state index in [9.17, 15) is 8.42 Å². The van der Waals surface area contributed by atoms with E-state index in [0.29, 0.717) is 29.4 Å². The number of sulfonamides is 1. The van der Waals surface area contributed by atoms with Gasteiger partial charge in [0.2, 0.25) is 10.0 Å². The lowest BCUT2D eigenvalue weighted by molar-refractivity contribution is 0.448. The second kappa shape index (κ2) is 6.97. The first-order valence-corrected chi connectivity index (χ1v) is 11.1. The van der Waals surface area contributed by atoms with Gasteiger partial charge < -0.3 is 4.57 Å². The summed E-state index contributed by atoms with van der Waals surface area (Å²) in [6.07, 6.45) is 4.34. The number of aryl methyl sites for hydroxylation is 3. The molecule has 1 saturated heterocycles. The van der Waals surface area contributed by atoms with E-state index in [1.165, 1.54) is 0 Å². The van der Waals surface area contributed by atoms with E-state index in [2.05, 4.69) is 21.6 Å². The molecule has 0 aliphatic carbocycles. The van der Waals surface area contributed by atoms with Crippen molar-refractivity contribution >= 4 is 21.2 Å². The third-order valence-electron chi connectivity index (χ3n) is 5.53. The van der Waals surface area contributed by atoms with Crippen LogP contribution in [-0.4, -0.2) is 50.1 Å². The van der Waals surface area contributed by atoms with Crippen molar-refractivity contribution in [3.8, 4) is 0 Å². The molecule has 0 spiro atoms. The van der Waals surface area contributed by atoms with Gasteiger partial charge in [0, 0.05) is 32.8 Å². The molecule has 3 aromatic heterocycles. The van der Waals surface area contributed by atoms with Gasteiger partial charge in [0.1, 0.15) is 16.2 Å². The van der Waals surface area contributed by atoms with Gasteiger partial charge in [-0.3, -0.25) is 4.68 Å². The van der Waals surface area contributed by atoms with Crippen molar-refractivity contribution < 1.29 is 8.42 Å². The number of pyridine rings is 1. The Kier molecular flexibility index (Phi) is 4.75. The minimum Gasteiger partial charge on any atom is -0.308 e. The number of hydrogen-bond acceptors (Lipinski definition) is 5. The number of nitrogens with zero attached hydrogens (tertiary/aromatic N) is 6. The second-order valence-electron chi connectivity index (χ2n) is 7.42. The van der Waals surface area contributed by atoms with Crippen LogP contribution in [0.1, 0.15) is 43.0 Å². The predicted molar refractivity (Wildman–Crippen MR) is 107 cm³/mol. The number of imidazole rings is 1. The SMILES string of the molecule is CCCc1nc2cccnc2n1[C@@H]1CCN(S(=O)(=O)c2c(C)nn(C)c2C)C1. The van der Waals surface area contributed by atoms with E-state index in [1.807, 2.05) is 12.1 Å². The smallest absolute Gasteiger partial charge is 0.246 e. The standard InChI is InChI=1S/C19H26N6O2S/c1-5-7-17-21-16-8-6-10-20-19(16)25(17)15-9-11-24(12-15)28(26,27)18-13(2)22-23(4)14(18)3/h6,8,10,15H,5,7,9,11-12H2,1-4H3/t15-/m1/s1. The fraction of sp³-hybridized carbons (Fsp3) is 0.526. The quantitative estimate of drug-likeness (QED) is 0.654. The first-order valence-electron chi connectivity index (χ1n) is 9.66. The lowest BCUT2D eigenvalue weighted by Crippen LogP contribution is -2.30. The highest BCUT2D eigenvalue weighted by Gasteiger charge is 2.37. The average Bonchev–Trinajstić information content (AvgIpc) is 3.31. The first kappa shape index (κ1) is 19.1. The van der Waals surface area contributed by atoms with E-state index in [0.717, 1.165) is 36.3 Å². The summed E-state index contributed by atoms with van der Waals surface area (Å²) in [5.41, 5.74) is 2.92. The molecule has 0 aromatic carbocycles. The first-order chi connectivity index (χ1) is 13.3. The molecule has 3 aromatic rings. The van der Waals surface area contributed by atoms with E-state index < -0.39 is 10.0 Å². The fourth-order valence-electron chi connectivity index (χ4n) is 4.16.